The molecule has 12 heteroatoms. The molecule has 1 aromatic carbocycles. The third-order valence-corrected chi connectivity index (χ3v) is 3.88. The molecule has 158 valence electrons. The molecule has 2 aromatic heterocycles. The number of benzene rings is 1. The van der Waals surface area contributed by atoms with Crippen molar-refractivity contribution < 1.29 is 41.0 Å². The molecule has 0 aliphatic heterocycles. The summed E-state index contributed by atoms with van der Waals surface area (Å²) in [5.41, 5.74) is 0.0444. The minimum Gasteiger partial charge on any atom is -0.479 e. The van der Waals surface area contributed by atoms with Crippen molar-refractivity contribution in [2.75, 3.05) is 12.4 Å². The van der Waals surface area contributed by atoms with E-state index in [0.717, 1.165) is 7.11 Å². The number of halogens is 4. The summed E-state index contributed by atoms with van der Waals surface area (Å²) in [4.78, 5) is 24.1. The molecule has 0 atom stereocenters. The van der Waals surface area contributed by atoms with Crippen molar-refractivity contribution in [3.05, 3.63) is 64.9 Å². The number of furan rings is 1. The third-order valence-electron chi connectivity index (χ3n) is 3.88. The van der Waals surface area contributed by atoms with Crippen LogP contribution < -0.4 is 10.1 Å². The van der Waals surface area contributed by atoms with Crippen LogP contribution in [0.15, 0.2) is 28.8 Å². The fourth-order valence-electron chi connectivity index (χ4n) is 2.45. The highest BCUT2D eigenvalue weighted by atomic mass is 19.2. The summed E-state index contributed by atoms with van der Waals surface area (Å²) in [6, 6.07) is 2.53. The lowest BCUT2D eigenvalue weighted by Crippen LogP contribution is -2.16. The number of nitrogens with one attached hydrogen (secondary N) is 1. The Kier molecular flexibility index (Phi) is 5.76. The van der Waals surface area contributed by atoms with Crippen LogP contribution in [0.25, 0.3) is 0 Å². The summed E-state index contributed by atoms with van der Waals surface area (Å²) in [5.74, 6) is -9.72. The molecule has 0 aliphatic rings. The van der Waals surface area contributed by atoms with Gasteiger partial charge in [-0.1, -0.05) is 0 Å². The maximum absolute atomic E-state index is 13.6. The fourth-order valence-corrected chi connectivity index (χ4v) is 2.45. The monoisotopic (exact) mass is 427 g/mol. The molecule has 0 fully saturated rings. The second kappa shape index (κ2) is 8.27. The molecule has 0 saturated heterocycles. The zero-order valence-corrected chi connectivity index (χ0v) is 15.5. The zero-order valence-electron chi connectivity index (χ0n) is 15.5. The van der Waals surface area contributed by atoms with Gasteiger partial charge in [-0.3, -0.25) is 9.48 Å². The summed E-state index contributed by atoms with van der Waals surface area (Å²) in [5, 5.41) is 6.26. The number of hydrogen-bond acceptors (Lipinski definition) is 6. The van der Waals surface area contributed by atoms with Gasteiger partial charge in [0.05, 0.1) is 19.0 Å². The Morgan fingerprint density at radius 2 is 1.83 bits per heavy atom. The van der Waals surface area contributed by atoms with Gasteiger partial charge in [0.1, 0.15) is 12.4 Å². The van der Waals surface area contributed by atoms with E-state index >= 15 is 0 Å². The van der Waals surface area contributed by atoms with E-state index in [9.17, 15) is 27.2 Å². The molecule has 3 aromatic rings. The van der Waals surface area contributed by atoms with E-state index in [2.05, 4.69) is 15.2 Å². The Bertz CT molecular complexity index is 1100. The number of carbonyl (C=O) groups is 2. The molecule has 8 nitrogen and oxygen atoms in total. The average Bonchev–Trinajstić information content (AvgIpc) is 3.33. The first-order valence-electron chi connectivity index (χ1n) is 8.19. The summed E-state index contributed by atoms with van der Waals surface area (Å²) >= 11 is 0. The van der Waals surface area contributed by atoms with Gasteiger partial charge in [-0.15, -0.1) is 0 Å². The Morgan fingerprint density at radius 1 is 1.17 bits per heavy atom. The van der Waals surface area contributed by atoms with Crippen LogP contribution >= 0.6 is 0 Å². The quantitative estimate of drug-likeness (QED) is 0.369. The molecule has 2 heterocycles. The Balaban J connectivity index is 1.72. The van der Waals surface area contributed by atoms with E-state index < -0.39 is 47.5 Å². The van der Waals surface area contributed by atoms with Gasteiger partial charge in [-0.25, -0.2) is 13.6 Å². The number of nitrogens with zero attached hydrogens (tertiary/aromatic N) is 2. The lowest BCUT2D eigenvalue weighted by atomic mass is 10.3. The first-order chi connectivity index (χ1) is 14.2. The first-order valence-corrected chi connectivity index (χ1v) is 8.19. The molecule has 0 aliphatic carbocycles. The van der Waals surface area contributed by atoms with Crippen LogP contribution in [0.5, 0.6) is 5.75 Å². The van der Waals surface area contributed by atoms with Crippen molar-refractivity contribution in [3.8, 4) is 5.75 Å². The third kappa shape index (κ3) is 3.97. The Labute approximate surface area is 166 Å². The van der Waals surface area contributed by atoms with Gasteiger partial charge in [-0.05, 0) is 12.1 Å². The number of aromatic nitrogens is 2. The molecule has 1 N–H and O–H groups in total. The van der Waals surface area contributed by atoms with E-state index in [-0.39, 0.29) is 29.0 Å². The highest BCUT2D eigenvalue weighted by molar-refractivity contribution is 6.06. The predicted octanol–water partition coefficient (Wildman–Crippen LogP) is 3.19. The van der Waals surface area contributed by atoms with Crippen LogP contribution in [0.2, 0.25) is 0 Å². The number of carbonyl (C=O) groups excluding carboxylic acids is 2. The number of ether oxygens (including phenoxy) is 2. The van der Waals surface area contributed by atoms with Crippen LogP contribution in [0.3, 0.4) is 0 Å². The van der Waals surface area contributed by atoms with Crippen molar-refractivity contribution in [1.82, 2.24) is 9.78 Å². The number of rotatable bonds is 6. The van der Waals surface area contributed by atoms with Crippen LogP contribution in [-0.4, -0.2) is 28.8 Å². The van der Waals surface area contributed by atoms with E-state index in [1.165, 1.54) is 30.1 Å². The van der Waals surface area contributed by atoms with Gasteiger partial charge in [0.25, 0.3) is 5.91 Å². The number of methoxy groups -OCH3 is 1. The largest absolute Gasteiger partial charge is 0.479 e. The van der Waals surface area contributed by atoms with Crippen LogP contribution in [0, 0.1) is 23.3 Å². The SMILES string of the molecule is COC(=O)c1c(NC(=O)c2ccc(COc3c(F)c(F)cc(F)c3F)o2)cnn1C. The second-order valence-corrected chi connectivity index (χ2v) is 5.83. The number of amides is 1. The van der Waals surface area contributed by atoms with Crippen molar-refractivity contribution in [3.63, 3.8) is 0 Å². The molecule has 0 radical (unpaired) electrons. The van der Waals surface area contributed by atoms with Crippen molar-refractivity contribution in [2.45, 2.75) is 6.61 Å². The molecule has 0 unspecified atom stereocenters. The van der Waals surface area contributed by atoms with Crippen molar-refractivity contribution >= 4 is 17.6 Å². The lowest BCUT2D eigenvalue weighted by Gasteiger charge is -2.08. The average molecular weight is 427 g/mol. The molecular formula is C18H13F4N3O5. The van der Waals surface area contributed by atoms with E-state index in [0.29, 0.717) is 0 Å². The normalized spacial score (nSPS) is 10.7. The number of esters is 1. The van der Waals surface area contributed by atoms with Crippen LogP contribution in [0.1, 0.15) is 26.8 Å². The fraction of sp³-hybridized carbons (Fsp3) is 0.167. The van der Waals surface area contributed by atoms with Crippen LogP contribution in [0.4, 0.5) is 23.2 Å². The van der Waals surface area contributed by atoms with E-state index in [1.807, 2.05) is 0 Å². The summed E-state index contributed by atoms with van der Waals surface area (Å²) in [6.07, 6.45) is 1.22. The maximum Gasteiger partial charge on any atom is 0.358 e. The molecule has 0 spiro atoms. The van der Waals surface area contributed by atoms with Gasteiger partial charge < -0.3 is 19.2 Å². The van der Waals surface area contributed by atoms with Crippen molar-refractivity contribution in [2.24, 2.45) is 7.05 Å². The predicted molar refractivity (Wildman–Crippen MR) is 91.8 cm³/mol. The molecule has 1 amide bonds. The minimum absolute atomic E-state index is 0.0138. The molecule has 3 rings (SSSR count). The molecule has 30 heavy (non-hydrogen) atoms. The maximum atomic E-state index is 13.6. The Morgan fingerprint density at radius 3 is 2.47 bits per heavy atom. The second-order valence-electron chi connectivity index (χ2n) is 5.83. The topological polar surface area (TPSA) is 95.6 Å². The number of hydrogen-bond donors (Lipinski definition) is 1. The highest BCUT2D eigenvalue weighted by Crippen LogP contribution is 2.27. The van der Waals surface area contributed by atoms with Crippen LogP contribution in [-0.2, 0) is 18.4 Å². The Hall–Kier alpha value is -3.83. The zero-order chi connectivity index (χ0) is 22.0. The van der Waals surface area contributed by atoms with Gasteiger partial charge >= 0.3 is 5.97 Å². The highest BCUT2D eigenvalue weighted by Gasteiger charge is 2.23. The summed E-state index contributed by atoms with van der Waals surface area (Å²) in [7, 11) is 2.63. The van der Waals surface area contributed by atoms with Crippen molar-refractivity contribution in [1.29, 1.82) is 0 Å². The van der Waals surface area contributed by atoms with E-state index in [4.69, 9.17) is 9.15 Å². The van der Waals surface area contributed by atoms with Gasteiger partial charge in [0.2, 0.25) is 11.6 Å². The molecular weight excluding hydrogens is 414 g/mol. The summed E-state index contributed by atoms with van der Waals surface area (Å²) in [6.45, 7) is -0.621. The van der Waals surface area contributed by atoms with Gasteiger partial charge in [-0.2, -0.15) is 13.9 Å². The van der Waals surface area contributed by atoms with Gasteiger partial charge in [0.15, 0.2) is 28.8 Å². The van der Waals surface area contributed by atoms with E-state index in [1.54, 1.807) is 0 Å². The standard InChI is InChI=1S/C18H13F4N3O5/c1-25-15(18(27)28-2)11(6-23-25)24-17(26)12-4-3-8(30-12)7-29-16-13(21)9(19)5-10(20)14(16)22/h3-6H,7H2,1-2H3,(H,24,26). The lowest BCUT2D eigenvalue weighted by molar-refractivity contribution is 0.0589. The number of aryl methyl sites for hydroxylation is 1. The minimum atomic E-state index is -1.70. The first kappa shape index (κ1) is 20.9. The summed E-state index contributed by atoms with van der Waals surface area (Å²) < 4.78 is 69.4. The van der Waals surface area contributed by atoms with Gasteiger partial charge in [0, 0.05) is 13.1 Å². The smallest absolute Gasteiger partial charge is 0.358 e. The molecule has 0 bridgehead atoms. The number of anilines is 1. The molecule has 0 saturated carbocycles.